The molecule has 0 aliphatic rings. The number of rotatable bonds is 5. The van der Waals surface area contributed by atoms with Gasteiger partial charge < -0.3 is 4.74 Å². The summed E-state index contributed by atoms with van der Waals surface area (Å²) in [4.78, 5) is 30.1. The maximum atomic E-state index is 12.4. The number of carbonyl (C=O) groups is 2. The summed E-state index contributed by atoms with van der Waals surface area (Å²) in [5, 5.41) is 0. The largest absolute Gasteiger partial charge is 0.408 e. The average molecular weight is 411 g/mol. The first-order valence-corrected chi connectivity index (χ1v) is 9.39. The lowest BCUT2D eigenvalue weighted by Crippen LogP contribution is -2.24. The molecule has 0 unspecified atom stereocenters. The third kappa shape index (κ3) is 4.21. The molecule has 0 radical (unpaired) electrons. The van der Waals surface area contributed by atoms with Gasteiger partial charge in [-0.05, 0) is 30.7 Å². The summed E-state index contributed by atoms with van der Waals surface area (Å²) in [6, 6.07) is 7.48. The number of thiazole rings is 1. The number of carbonyl (C=O) groups excluding carboxylic acids is 2. The van der Waals surface area contributed by atoms with Crippen LogP contribution in [-0.2, 0) is 11.2 Å². The van der Waals surface area contributed by atoms with Crippen molar-refractivity contribution < 1.29 is 14.3 Å². The van der Waals surface area contributed by atoms with Crippen molar-refractivity contribution >= 4 is 44.8 Å². The van der Waals surface area contributed by atoms with Crippen LogP contribution in [-0.4, -0.2) is 16.4 Å². The first-order chi connectivity index (χ1) is 11.5. The summed E-state index contributed by atoms with van der Waals surface area (Å²) in [6.45, 7) is 5.45. The van der Waals surface area contributed by atoms with Crippen LogP contribution in [0, 0.1) is 0 Å². The quantitative estimate of drug-likeness (QED) is 0.682. The lowest BCUT2D eigenvalue weighted by Gasteiger charge is -2.08. The van der Waals surface area contributed by atoms with E-state index in [0.29, 0.717) is 23.5 Å². The van der Waals surface area contributed by atoms with Crippen LogP contribution < -0.4 is 9.54 Å². The number of aromatic nitrogens is 1. The average Bonchev–Trinajstić information content (AvgIpc) is 2.93. The van der Waals surface area contributed by atoms with Crippen molar-refractivity contribution in [3.05, 3.63) is 38.4 Å². The van der Waals surface area contributed by atoms with Gasteiger partial charge in [-0.25, -0.2) is 9.56 Å². The highest BCUT2D eigenvalue weighted by molar-refractivity contribution is 9.10. The Hall–Kier alpha value is -1.73. The Morgan fingerprint density at radius 3 is 2.38 bits per heavy atom. The molecule has 2 rings (SSSR count). The Balaban J connectivity index is 2.64. The lowest BCUT2D eigenvalue weighted by molar-refractivity contribution is -0.134. The molecule has 1 heterocycles. The van der Waals surface area contributed by atoms with Gasteiger partial charge in [-0.1, -0.05) is 48.0 Å². The minimum Gasteiger partial charge on any atom is -0.408 e. The normalized spacial score (nSPS) is 11.6. The number of ether oxygens (including phenoxy) is 1. The molecular formula is C17H19BrN2O3S. The van der Waals surface area contributed by atoms with E-state index in [-0.39, 0.29) is 18.3 Å². The van der Waals surface area contributed by atoms with Crippen LogP contribution in [0.15, 0.2) is 33.7 Å². The molecule has 1 aromatic heterocycles. The molecule has 0 spiro atoms. The Morgan fingerprint density at radius 2 is 1.83 bits per heavy atom. The van der Waals surface area contributed by atoms with Crippen LogP contribution >= 0.6 is 27.3 Å². The maximum absolute atomic E-state index is 12.4. The first kappa shape index (κ1) is 18.6. The molecule has 0 bridgehead atoms. The van der Waals surface area contributed by atoms with E-state index in [1.165, 1.54) is 15.9 Å². The molecule has 0 fully saturated rings. The molecule has 0 N–H and O–H groups in total. The highest BCUT2D eigenvalue weighted by Crippen LogP contribution is 2.24. The van der Waals surface area contributed by atoms with Crippen molar-refractivity contribution in [3.8, 4) is 5.88 Å². The maximum Gasteiger partial charge on any atom is 0.312 e. The Kier molecular flexibility index (Phi) is 6.51. The zero-order valence-electron chi connectivity index (χ0n) is 13.8. The fraction of sp³-hybridized carbons (Fsp3) is 0.353. The molecule has 1 aromatic carbocycles. The standard InChI is InChI=1S/C17H19BrN2O3S/c1-4-13-16(23-15(22)6-3)20(14(21)5-2)17(24-13)19-12-9-7-11(18)8-10-12/h7-10H,4-6H2,1-3H3. The van der Waals surface area contributed by atoms with Crippen LogP contribution in [0.5, 0.6) is 5.88 Å². The highest BCUT2D eigenvalue weighted by atomic mass is 79.9. The third-order valence-electron chi connectivity index (χ3n) is 3.27. The van der Waals surface area contributed by atoms with Gasteiger partial charge in [-0.2, -0.15) is 0 Å². The SMILES string of the molecule is CCC(=O)Oc1c(CC)sc(=Nc2ccc(Br)cc2)n1C(=O)CC. The van der Waals surface area contributed by atoms with Crippen molar-refractivity contribution in [1.82, 2.24) is 4.57 Å². The second kappa shape index (κ2) is 8.39. The Bertz CT molecular complexity index is 806. The summed E-state index contributed by atoms with van der Waals surface area (Å²) in [6.07, 6.45) is 1.20. The predicted octanol–water partition coefficient (Wildman–Crippen LogP) is 4.47. The van der Waals surface area contributed by atoms with Crippen molar-refractivity contribution in [2.45, 2.75) is 40.0 Å². The zero-order chi connectivity index (χ0) is 17.7. The van der Waals surface area contributed by atoms with Crippen molar-refractivity contribution in [1.29, 1.82) is 0 Å². The van der Waals surface area contributed by atoms with Gasteiger partial charge in [0.15, 0.2) is 4.80 Å². The van der Waals surface area contributed by atoms with Crippen molar-refractivity contribution in [3.63, 3.8) is 0 Å². The molecule has 0 amide bonds. The van der Waals surface area contributed by atoms with E-state index in [4.69, 9.17) is 4.74 Å². The fourth-order valence-corrected chi connectivity index (χ4v) is 3.27. The number of hydrogen-bond donors (Lipinski definition) is 0. The minimum atomic E-state index is -0.365. The number of aryl methyl sites for hydroxylation is 1. The van der Waals surface area contributed by atoms with E-state index in [2.05, 4.69) is 20.9 Å². The Morgan fingerprint density at radius 1 is 1.17 bits per heavy atom. The molecular weight excluding hydrogens is 392 g/mol. The smallest absolute Gasteiger partial charge is 0.312 e. The van der Waals surface area contributed by atoms with Gasteiger partial charge in [0.25, 0.3) is 0 Å². The molecule has 0 saturated heterocycles. The second-order valence-corrected chi connectivity index (χ2v) is 6.94. The molecule has 24 heavy (non-hydrogen) atoms. The Labute approximate surface area is 153 Å². The van der Waals surface area contributed by atoms with Crippen LogP contribution in [0.25, 0.3) is 0 Å². The summed E-state index contributed by atoms with van der Waals surface area (Å²) < 4.78 is 7.79. The van der Waals surface area contributed by atoms with Gasteiger partial charge in [-0.15, -0.1) is 0 Å². The van der Waals surface area contributed by atoms with E-state index < -0.39 is 0 Å². The number of nitrogens with zero attached hydrogens (tertiary/aromatic N) is 2. The van der Waals surface area contributed by atoms with Gasteiger partial charge >= 0.3 is 5.97 Å². The number of esters is 1. The molecule has 2 aromatic rings. The summed E-state index contributed by atoms with van der Waals surface area (Å²) in [5.74, 6) is -0.215. The van der Waals surface area contributed by atoms with Gasteiger partial charge in [0.05, 0.1) is 10.6 Å². The van der Waals surface area contributed by atoms with Gasteiger partial charge in [-0.3, -0.25) is 9.59 Å². The summed E-state index contributed by atoms with van der Waals surface area (Å²) >= 11 is 4.75. The second-order valence-electron chi connectivity index (χ2n) is 4.97. The van der Waals surface area contributed by atoms with Crippen molar-refractivity contribution in [2.75, 3.05) is 0 Å². The monoisotopic (exact) mass is 410 g/mol. The summed E-state index contributed by atoms with van der Waals surface area (Å²) in [7, 11) is 0. The molecule has 0 aliphatic carbocycles. The minimum absolute atomic E-state index is 0.152. The topological polar surface area (TPSA) is 60.7 Å². The molecule has 0 aliphatic heterocycles. The van der Waals surface area contributed by atoms with Crippen LogP contribution in [0.3, 0.4) is 0 Å². The van der Waals surface area contributed by atoms with Crippen LogP contribution in [0.2, 0.25) is 0 Å². The van der Waals surface area contributed by atoms with Crippen molar-refractivity contribution in [2.24, 2.45) is 4.99 Å². The van der Waals surface area contributed by atoms with Crippen LogP contribution in [0.1, 0.15) is 43.3 Å². The molecule has 0 saturated carbocycles. The molecule has 128 valence electrons. The number of benzene rings is 1. The third-order valence-corrected chi connectivity index (χ3v) is 4.97. The molecule has 0 atom stereocenters. The predicted molar refractivity (Wildman–Crippen MR) is 97.9 cm³/mol. The number of halogens is 1. The van der Waals surface area contributed by atoms with E-state index in [9.17, 15) is 9.59 Å². The van der Waals surface area contributed by atoms with E-state index in [0.717, 1.165) is 15.0 Å². The first-order valence-electron chi connectivity index (χ1n) is 7.79. The van der Waals surface area contributed by atoms with E-state index in [1.54, 1.807) is 13.8 Å². The van der Waals surface area contributed by atoms with E-state index >= 15 is 0 Å². The lowest BCUT2D eigenvalue weighted by atomic mass is 10.3. The van der Waals surface area contributed by atoms with Gasteiger partial charge in [0.1, 0.15) is 0 Å². The zero-order valence-corrected chi connectivity index (χ0v) is 16.2. The highest BCUT2D eigenvalue weighted by Gasteiger charge is 2.20. The molecule has 7 heteroatoms. The van der Waals surface area contributed by atoms with Crippen LogP contribution in [0.4, 0.5) is 5.69 Å². The van der Waals surface area contributed by atoms with Gasteiger partial charge in [0.2, 0.25) is 11.8 Å². The summed E-state index contributed by atoms with van der Waals surface area (Å²) in [5.41, 5.74) is 0.730. The van der Waals surface area contributed by atoms with Gasteiger partial charge in [0, 0.05) is 17.3 Å². The van der Waals surface area contributed by atoms with E-state index in [1.807, 2.05) is 31.2 Å². The fourth-order valence-electron chi connectivity index (χ4n) is 1.99. The molecule has 5 nitrogen and oxygen atoms in total. The number of hydrogen-bond acceptors (Lipinski definition) is 5.